The van der Waals surface area contributed by atoms with Gasteiger partial charge >= 0.3 is 0 Å². The summed E-state index contributed by atoms with van der Waals surface area (Å²) < 4.78 is 0. The molecule has 12 aliphatic carbocycles. The summed E-state index contributed by atoms with van der Waals surface area (Å²) in [6.07, 6.45) is 34.9. The van der Waals surface area contributed by atoms with Crippen LogP contribution in [0, 0.1) is 135 Å². The van der Waals surface area contributed by atoms with Crippen molar-refractivity contribution in [2.75, 3.05) is 92.1 Å². The standard InChI is InChI=1S/C29H48N2O2.C27H45NO2.C26H44N2O2/c1-19(18-30-12-14-31(15-13-30)21(3)32)26-8-9-27-24-7-6-22-17-29(5,33)20(2)16-25(22)23(24)10-11-28(26,27)4;1-18-10-14-28(15-11-18)17-25(29)24-7-6-23-22-5-4-19-16-26(2,30)12-8-20(19)21(22)9-13-27(23,24)3;1-25(30)10-8-19-18(16-25)4-5-21-20(19)9-11-26(2)22(21)6-7-23(26)24(29)17-28-14-12-27(3)13-15-28/h20,22-27,33H,1,6-18H2,2-5H3;18-24,30H,4-17H2,1-3H3;18-23,30H,4-17H2,1-3H3/t20-,22-,23-,24+,25-,26+,27-,28+,29-;19-,20+,21-,22-,23+,24-,26-,27+;18-,19+,20-,21-,22+,23-,25-,26+/m011/s1. The van der Waals surface area contributed by atoms with E-state index in [1.807, 2.05) is 4.90 Å². The van der Waals surface area contributed by atoms with Crippen LogP contribution >= 0.6 is 0 Å². The number of carbonyl (C=O) groups excluding carboxylic acids is 3. The molecule has 0 aromatic heterocycles. The minimum atomic E-state index is -0.455. The van der Waals surface area contributed by atoms with Gasteiger partial charge in [0.15, 0.2) is 0 Å². The fraction of sp³-hybridized carbons (Fsp3) is 0.939. The number of carbonyl (C=O) groups is 3. The van der Waals surface area contributed by atoms with Crippen LogP contribution in [-0.4, -0.2) is 166 Å². The molecule has 15 rings (SSSR count). The second-order valence-corrected chi connectivity index (χ2v) is 38.4. The molecule has 15 fully saturated rings. The molecule has 25 atom stereocenters. The Morgan fingerprint density at radius 3 is 1.26 bits per heavy atom. The largest absolute Gasteiger partial charge is 0.390 e. The lowest BCUT2D eigenvalue weighted by Crippen LogP contribution is -2.53. The number of hydrogen-bond acceptors (Lipinski definition) is 10. The topological polar surface area (TPSA) is 128 Å². The van der Waals surface area contributed by atoms with Crippen LogP contribution in [-0.2, 0) is 14.4 Å². The molecule has 0 spiro atoms. The minimum absolute atomic E-state index is 0.210. The molecular formula is C82H137N5O6. The van der Waals surface area contributed by atoms with Gasteiger partial charge in [0.1, 0.15) is 11.6 Å². The smallest absolute Gasteiger partial charge is 0.219 e. The Morgan fingerprint density at radius 1 is 0.409 bits per heavy atom. The number of aliphatic hydroxyl groups is 3. The van der Waals surface area contributed by atoms with Crippen LogP contribution in [0.3, 0.4) is 0 Å². The third-order valence-electron chi connectivity index (χ3n) is 33.1. The molecule has 12 saturated carbocycles. The number of fused-ring (bicyclic) bond motifs is 15. The van der Waals surface area contributed by atoms with E-state index in [1.165, 1.54) is 140 Å². The molecule has 3 N–H and O–H groups in total. The molecule has 0 aromatic carbocycles. The number of rotatable bonds is 9. The Balaban J connectivity index is 0.000000127. The van der Waals surface area contributed by atoms with E-state index >= 15 is 0 Å². The average molecular weight is 1290 g/mol. The fourth-order valence-electron chi connectivity index (χ4n) is 27.6. The van der Waals surface area contributed by atoms with Crippen LogP contribution in [0.15, 0.2) is 12.2 Å². The molecule has 3 saturated heterocycles. The Kier molecular flexibility index (Phi) is 20.5. The predicted octanol–water partition coefficient (Wildman–Crippen LogP) is 14.1. The second kappa shape index (κ2) is 27.3. The van der Waals surface area contributed by atoms with Crippen molar-refractivity contribution in [3.8, 4) is 0 Å². The zero-order valence-corrected chi connectivity index (χ0v) is 61.0. The van der Waals surface area contributed by atoms with Gasteiger partial charge in [-0.2, -0.15) is 0 Å². The molecule has 3 heterocycles. The number of hydrogen-bond donors (Lipinski definition) is 3. The van der Waals surface area contributed by atoms with Gasteiger partial charge in [0.05, 0.1) is 29.9 Å². The van der Waals surface area contributed by atoms with Crippen molar-refractivity contribution < 1.29 is 29.7 Å². The molecule has 0 radical (unpaired) electrons. The third-order valence-corrected chi connectivity index (χ3v) is 33.1. The first kappa shape index (κ1) is 69.7. The lowest BCUT2D eigenvalue weighted by Gasteiger charge is -2.58. The lowest BCUT2D eigenvalue weighted by atomic mass is 9.48. The second-order valence-electron chi connectivity index (χ2n) is 38.4. The van der Waals surface area contributed by atoms with Crippen molar-refractivity contribution >= 4 is 17.5 Å². The van der Waals surface area contributed by atoms with Crippen LogP contribution < -0.4 is 0 Å². The maximum Gasteiger partial charge on any atom is 0.219 e. The van der Waals surface area contributed by atoms with Crippen LogP contribution in [0.1, 0.15) is 242 Å². The van der Waals surface area contributed by atoms with Crippen molar-refractivity contribution in [1.29, 1.82) is 0 Å². The Labute approximate surface area is 566 Å². The number of Topliss-reactive ketones (excluding diaryl/α,β-unsaturated/α-hetero) is 2. The van der Waals surface area contributed by atoms with E-state index in [1.54, 1.807) is 6.92 Å². The third kappa shape index (κ3) is 13.9. The molecule has 15 aliphatic rings. The number of piperidine rings is 1. The normalized spacial score (nSPS) is 49.2. The van der Waals surface area contributed by atoms with Gasteiger partial charge < -0.3 is 25.1 Å². The van der Waals surface area contributed by atoms with Crippen LogP contribution in [0.2, 0.25) is 0 Å². The molecule has 0 bridgehead atoms. The van der Waals surface area contributed by atoms with E-state index in [0.29, 0.717) is 53.7 Å². The summed E-state index contributed by atoms with van der Waals surface area (Å²) in [5, 5.41) is 32.1. The number of likely N-dealkylation sites (tertiary alicyclic amines) is 1. The van der Waals surface area contributed by atoms with E-state index in [2.05, 4.69) is 88.6 Å². The SMILES string of the molecule is C=C(CN1CCN(C(C)=O)CC1)[C@H]1CC[C@H]2[C@@H]3CC[C@H]4C[C@](C)(O)[C@@H](C)C[C@@H]4[C@H]3CC[C@]12C.CC1CCN(CC(=O)[C@H]2CC[C@H]3[C@@H]4CC[C@@H]5C[C@](C)(O)CC[C@@H]5[C@H]4CC[C@]23C)CC1.CN1CCN(CC(=O)[C@H]2CC[C@H]3[C@@H]4CC[C@@H]5C[C@](C)(O)CC[C@@H]5[C@H]4CC[C@]23C)CC1. The molecule has 526 valence electrons. The highest BCUT2D eigenvalue weighted by Crippen LogP contribution is 2.69. The predicted molar refractivity (Wildman–Crippen MR) is 375 cm³/mol. The zero-order chi connectivity index (χ0) is 65.7. The Morgan fingerprint density at radius 2 is 0.796 bits per heavy atom. The summed E-state index contributed by atoms with van der Waals surface area (Å²) in [6, 6.07) is 0. The van der Waals surface area contributed by atoms with Crippen molar-refractivity contribution in [2.45, 2.75) is 259 Å². The van der Waals surface area contributed by atoms with Crippen LogP contribution in [0.25, 0.3) is 0 Å². The number of amides is 1. The maximum atomic E-state index is 13.4. The van der Waals surface area contributed by atoms with Gasteiger partial charge in [-0.1, -0.05) is 46.8 Å². The zero-order valence-electron chi connectivity index (χ0n) is 61.0. The van der Waals surface area contributed by atoms with E-state index in [9.17, 15) is 29.7 Å². The number of nitrogens with zero attached hydrogens (tertiary/aromatic N) is 5. The molecule has 0 unspecified atom stereocenters. The van der Waals surface area contributed by atoms with E-state index in [-0.39, 0.29) is 16.7 Å². The highest BCUT2D eigenvalue weighted by atomic mass is 16.3. The summed E-state index contributed by atoms with van der Waals surface area (Å²) >= 11 is 0. The van der Waals surface area contributed by atoms with Crippen molar-refractivity contribution in [3.05, 3.63) is 12.2 Å². The first-order valence-electron chi connectivity index (χ1n) is 40.1. The van der Waals surface area contributed by atoms with Crippen LogP contribution in [0.4, 0.5) is 0 Å². The van der Waals surface area contributed by atoms with Gasteiger partial charge in [0, 0.05) is 77.7 Å². The van der Waals surface area contributed by atoms with Gasteiger partial charge in [0.25, 0.3) is 0 Å². The summed E-state index contributed by atoms with van der Waals surface area (Å²) in [5.74, 6) is 16.3. The quantitative estimate of drug-likeness (QED) is 0.192. The fourth-order valence-corrected chi connectivity index (χ4v) is 27.6. The van der Waals surface area contributed by atoms with Crippen LogP contribution in [0.5, 0.6) is 0 Å². The summed E-state index contributed by atoms with van der Waals surface area (Å²) in [7, 11) is 2.18. The number of likely N-dealkylation sites (N-methyl/N-ethyl adjacent to an activating group) is 1. The maximum absolute atomic E-state index is 13.4. The average Bonchev–Trinajstić information content (AvgIpc) is 1.71. The highest BCUT2D eigenvalue weighted by molar-refractivity contribution is 5.84. The lowest BCUT2D eigenvalue weighted by molar-refractivity contribution is -0.134. The van der Waals surface area contributed by atoms with Crippen molar-refractivity contribution in [3.63, 3.8) is 0 Å². The number of ketones is 2. The molecule has 11 nitrogen and oxygen atoms in total. The minimum Gasteiger partial charge on any atom is -0.390 e. The van der Waals surface area contributed by atoms with Crippen molar-refractivity contribution in [1.82, 2.24) is 24.5 Å². The summed E-state index contributed by atoms with van der Waals surface area (Å²) in [6.45, 7) is 37.5. The van der Waals surface area contributed by atoms with E-state index < -0.39 is 16.8 Å². The molecular weight excluding hydrogens is 1150 g/mol. The molecule has 93 heavy (non-hydrogen) atoms. The highest BCUT2D eigenvalue weighted by Gasteiger charge is 2.62. The van der Waals surface area contributed by atoms with Gasteiger partial charge in [-0.25, -0.2) is 0 Å². The van der Waals surface area contributed by atoms with Gasteiger partial charge in [-0.15, -0.1) is 0 Å². The van der Waals surface area contributed by atoms with E-state index in [0.717, 1.165) is 212 Å². The molecule has 3 aliphatic heterocycles. The summed E-state index contributed by atoms with van der Waals surface area (Å²) in [4.78, 5) is 50.3. The van der Waals surface area contributed by atoms with E-state index in [4.69, 9.17) is 0 Å². The van der Waals surface area contributed by atoms with Gasteiger partial charge in [0.2, 0.25) is 5.91 Å². The summed E-state index contributed by atoms with van der Waals surface area (Å²) in [5.41, 5.74) is 1.10. The van der Waals surface area contributed by atoms with Gasteiger partial charge in [-0.05, 0) is 343 Å². The Hall–Kier alpha value is -1.73. The Bertz CT molecular complexity index is 2520. The first-order valence-corrected chi connectivity index (χ1v) is 40.1. The molecule has 1 amide bonds. The molecule has 0 aromatic rings. The number of piperazine rings is 2. The monoisotopic (exact) mass is 1290 g/mol. The van der Waals surface area contributed by atoms with Gasteiger partial charge in [-0.3, -0.25) is 29.1 Å². The molecule has 11 heteroatoms. The first-order chi connectivity index (χ1) is 44.1. The van der Waals surface area contributed by atoms with Crippen molar-refractivity contribution in [2.24, 2.45) is 135 Å².